The van der Waals surface area contributed by atoms with Crippen molar-refractivity contribution in [2.24, 2.45) is 5.73 Å². The van der Waals surface area contributed by atoms with Crippen LogP contribution in [0.5, 0.6) is 5.75 Å². The molecule has 0 aliphatic carbocycles. The van der Waals surface area contributed by atoms with Gasteiger partial charge in [0.1, 0.15) is 11.8 Å². The summed E-state index contributed by atoms with van der Waals surface area (Å²) in [6, 6.07) is 17.9. The fourth-order valence-electron chi connectivity index (χ4n) is 5.16. The maximum absolute atomic E-state index is 13.4. The van der Waals surface area contributed by atoms with Gasteiger partial charge < -0.3 is 26.1 Å². The van der Waals surface area contributed by atoms with Crippen molar-refractivity contribution in [2.45, 2.75) is 42.3 Å². The number of benzene rings is 3. The number of primary amides is 1. The van der Waals surface area contributed by atoms with Gasteiger partial charge in [-0.1, -0.05) is 48.0 Å². The van der Waals surface area contributed by atoms with E-state index in [9.17, 15) is 18.0 Å². The van der Waals surface area contributed by atoms with E-state index in [-0.39, 0.29) is 23.4 Å². The van der Waals surface area contributed by atoms with Gasteiger partial charge in [0.2, 0.25) is 5.91 Å². The van der Waals surface area contributed by atoms with Gasteiger partial charge in [-0.25, -0.2) is 13.4 Å². The van der Waals surface area contributed by atoms with Crippen LogP contribution in [0, 0.1) is 0 Å². The number of ether oxygens (including phenoxy) is 1. The van der Waals surface area contributed by atoms with E-state index < -0.39 is 27.7 Å². The zero-order valence-electron chi connectivity index (χ0n) is 23.4. The molecule has 224 valence electrons. The van der Waals surface area contributed by atoms with Crippen LogP contribution in [0.3, 0.4) is 0 Å². The minimum atomic E-state index is -3.30. The Hall–Kier alpha value is -4.19. The number of aromatic nitrogens is 2. The van der Waals surface area contributed by atoms with Gasteiger partial charge in [0.05, 0.1) is 35.1 Å². The first kappa shape index (κ1) is 30.3. The van der Waals surface area contributed by atoms with Crippen LogP contribution in [0.4, 0.5) is 0 Å². The Morgan fingerprint density at radius 3 is 2.42 bits per heavy atom. The van der Waals surface area contributed by atoms with Gasteiger partial charge in [-0.05, 0) is 47.9 Å². The average molecular weight is 622 g/mol. The van der Waals surface area contributed by atoms with Crippen molar-refractivity contribution < 1.29 is 22.7 Å². The first-order valence-electron chi connectivity index (χ1n) is 13.7. The Balaban J connectivity index is 1.36. The standard InChI is InChI=1S/C31H32ClN5O5S/c1-43(40,41)22-11-7-20(8-12-22)15-26(28-17-34-18-35-28)36-25-13-14-42-29-23(25)3-2-4-24(29)31(39)37-27(30(33)38)16-19-5-9-21(32)10-6-19/h2-12,17-18,25-27,36H,13-16H2,1H3,(H2,33,38)(H,34,35)(H,37,39)/t25?,26?,27-/m0/s1. The van der Waals surface area contributed by atoms with Gasteiger partial charge in [0, 0.05) is 41.9 Å². The van der Waals surface area contributed by atoms with E-state index in [1.807, 2.05) is 6.07 Å². The molecular formula is C31H32ClN5O5S. The lowest BCUT2D eigenvalue weighted by atomic mass is 9.94. The second-order valence-electron chi connectivity index (χ2n) is 10.5. The van der Waals surface area contributed by atoms with Crippen LogP contribution in [0.1, 0.15) is 51.2 Å². The second kappa shape index (κ2) is 13.0. The number of sulfone groups is 1. The molecule has 1 aliphatic rings. The highest BCUT2D eigenvalue weighted by molar-refractivity contribution is 7.90. The molecule has 0 radical (unpaired) electrons. The molecule has 2 heterocycles. The lowest BCUT2D eigenvalue weighted by molar-refractivity contribution is -0.119. The van der Waals surface area contributed by atoms with Crippen molar-refractivity contribution in [3.63, 3.8) is 0 Å². The summed E-state index contributed by atoms with van der Waals surface area (Å²) in [5, 5.41) is 7.02. The number of imidazole rings is 1. The molecule has 5 rings (SSSR count). The Bertz CT molecular complexity index is 1690. The highest BCUT2D eigenvalue weighted by Gasteiger charge is 2.30. The zero-order valence-corrected chi connectivity index (χ0v) is 25.0. The molecule has 5 N–H and O–H groups in total. The average Bonchev–Trinajstić information content (AvgIpc) is 3.52. The van der Waals surface area contributed by atoms with Crippen LogP contribution < -0.4 is 21.1 Å². The molecule has 43 heavy (non-hydrogen) atoms. The lowest BCUT2D eigenvalue weighted by Crippen LogP contribution is -2.46. The number of amides is 2. The van der Waals surface area contributed by atoms with Crippen LogP contribution in [-0.2, 0) is 27.5 Å². The maximum Gasteiger partial charge on any atom is 0.255 e. The molecule has 0 spiro atoms. The van der Waals surface area contributed by atoms with E-state index >= 15 is 0 Å². The number of halogens is 1. The number of nitrogens with zero attached hydrogens (tertiary/aromatic N) is 1. The predicted molar refractivity (Wildman–Crippen MR) is 163 cm³/mol. The maximum atomic E-state index is 13.4. The minimum absolute atomic E-state index is 0.166. The molecule has 2 amide bonds. The van der Waals surface area contributed by atoms with Gasteiger partial charge in [0.15, 0.2) is 9.84 Å². The Morgan fingerprint density at radius 1 is 1.07 bits per heavy atom. The Labute approximate surface area is 254 Å². The molecule has 0 saturated heterocycles. The van der Waals surface area contributed by atoms with Gasteiger partial charge in [-0.3, -0.25) is 9.59 Å². The molecule has 4 aromatic rings. The molecule has 1 aliphatic heterocycles. The van der Waals surface area contributed by atoms with Crippen molar-refractivity contribution in [3.8, 4) is 5.75 Å². The third-order valence-corrected chi connectivity index (χ3v) is 8.79. The highest BCUT2D eigenvalue weighted by atomic mass is 35.5. The van der Waals surface area contributed by atoms with E-state index in [1.165, 1.54) is 6.26 Å². The third kappa shape index (κ3) is 7.42. The highest BCUT2D eigenvalue weighted by Crippen LogP contribution is 2.37. The van der Waals surface area contributed by atoms with E-state index in [2.05, 4.69) is 20.6 Å². The van der Waals surface area contributed by atoms with E-state index in [1.54, 1.807) is 73.2 Å². The van der Waals surface area contributed by atoms with Crippen LogP contribution in [0.15, 0.2) is 84.1 Å². The second-order valence-corrected chi connectivity index (χ2v) is 13.0. The van der Waals surface area contributed by atoms with Crippen molar-refractivity contribution in [1.29, 1.82) is 0 Å². The zero-order chi connectivity index (χ0) is 30.6. The lowest BCUT2D eigenvalue weighted by Gasteiger charge is -2.31. The number of nitrogens with one attached hydrogen (secondary N) is 3. The molecule has 0 saturated carbocycles. The summed E-state index contributed by atoms with van der Waals surface area (Å²) in [6.45, 7) is 0.373. The van der Waals surface area contributed by atoms with Gasteiger partial charge >= 0.3 is 0 Å². The molecule has 0 bridgehead atoms. The number of hydrogen-bond acceptors (Lipinski definition) is 7. The van der Waals surface area contributed by atoms with Gasteiger partial charge in [-0.15, -0.1) is 0 Å². The van der Waals surface area contributed by atoms with Crippen molar-refractivity contribution >= 4 is 33.3 Å². The number of rotatable bonds is 11. The molecule has 0 fully saturated rings. The first-order valence-corrected chi connectivity index (χ1v) is 16.0. The van der Waals surface area contributed by atoms with Gasteiger partial charge in [-0.2, -0.15) is 0 Å². The predicted octanol–water partition coefficient (Wildman–Crippen LogP) is 3.69. The fraction of sp³-hybridized carbons (Fsp3) is 0.258. The number of carbonyl (C=O) groups is 2. The first-order chi connectivity index (χ1) is 20.6. The number of nitrogens with two attached hydrogens (primary N) is 1. The Kier molecular flexibility index (Phi) is 9.14. The third-order valence-electron chi connectivity index (χ3n) is 7.41. The fourth-order valence-corrected chi connectivity index (χ4v) is 5.92. The molecule has 10 nitrogen and oxygen atoms in total. The monoisotopic (exact) mass is 621 g/mol. The van der Waals surface area contributed by atoms with E-state index in [0.717, 1.165) is 22.4 Å². The molecule has 3 aromatic carbocycles. The summed E-state index contributed by atoms with van der Waals surface area (Å²) in [4.78, 5) is 33.3. The van der Waals surface area contributed by atoms with Crippen LogP contribution in [-0.4, -0.2) is 49.1 Å². The summed E-state index contributed by atoms with van der Waals surface area (Å²) in [7, 11) is -3.30. The normalized spacial score (nSPS) is 16.0. The summed E-state index contributed by atoms with van der Waals surface area (Å²) in [6.07, 6.45) is 5.96. The van der Waals surface area contributed by atoms with Gasteiger partial charge in [0.25, 0.3) is 5.91 Å². The largest absolute Gasteiger partial charge is 0.492 e. The number of aromatic amines is 1. The van der Waals surface area contributed by atoms with Crippen molar-refractivity contribution in [3.05, 3.63) is 112 Å². The van der Waals surface area contributed by atoms with E-state index in [4.69, 9.17) is 22.1 Å². The molecule has 1 aromatic heterocycles. The quantitative estimate of drug-likeness (QED) is 0.199. The summed E-state index contributed by atoms with van der Waals surface area (Å²) < 4.78 is 29.8. The van der Waals surface area contributed by atoms with E-state index in [0.29, 0.717) is 35.8 Å². The van der Waals surface area contributed by atoms with Crippen LogP contribution in [0.25, 0.3) is 0 Å². The molecule has 3 atom stereocenters. The SMILES string of the molecule is CS(=O)(=O)c1ccc(CC(NC2CCOc3c(C(=O)N[C@@H](Cc4ccc(Cl)cc4)C(N)=O)cccc32)c2cnc[nH]2)cc1. The van der Waals surface area contributed by atoms with Crippen LogP contribution >= 0.6 is 11.6 Å². The summed E-state index contributed by atoms with van der Waals surface area (Å²) in [5.74, 6) is -0.675. The summed E-state index contributed by atoms with van der Waals surface area (Å²) >= 11 is 5.97. The number of hydrogen-bond donors (Lipinski definition) is 4. The number of para-hydroxylation sites is 1. The number of carbonyl (C=O) groups excluding carboxylic acids is 2. The smallest absolute Gasteiger partial charge is 0.255 e. The number of fused-ring (bicyclic) bond motifs is 1. The molecule has 2 unspecified atom stereocenters. The summed E-state index contributed by atoms with van der Waals surface area (Å²) in [5.41, 5.74) is 9.36. The minimum Gasteiger partial charge on any atom is -0.492 e. The topological polar surface area (TPSA) is 156 Å². The molecule has 12 heteroatoms. The van der Waals surface area contributed by atoms with Crippen LogP contribution in [0.2, 0.25) is 5.02 Å². The Morgan fingerprint density at radius 2 is 1.77 bits per heavy atom. The molecular weight excluding hydrogens is 590 g/mol. The number of H-pyrrole nitrogens is 1. The van der Waals surface area contributed by atoms with Crippen molar-refractivity contribution in [2.75, 3.05) is 12.9 Å². The van der Waals surface area contributed by atoms with Crippen molar-refractivity contribution in [1.82, 2.24) is 20.6 Å².